The van der Waals surface area contributed by atoms with Crippen molar-refractivity contribution in [1.82, 2.24) is 15.1 Å². The molecule has 1 aliphatic rings. The average molecular weight is 341 g/mol. The predicted octanol–water partition coefficient (Wildman–Crippen LogP) is 2.84. The van der Waals surface area contributed by atoms with Crippen molar-refractivity contribution in [3.05, 3.63) is 60.1 Å². The largest absolute Gasteiger partial charge is 0.468 e. The Labute approximate surface area is 149 Å². The molecule has 1 amide bonds. The van der Waals surface area contributed by atoms with E-state index < -0.39 is 0 Å². The number of carbonyl (C=O) groups is 1. The fraction of sp³-hybridized carbons (Fsp3) is 0.450. The zero-order valence-electron chi connectivity index (χ0n) is 15.0. The Morgan fingerprint density at radius 1 is 1.16 bits per heavy atom. The highest BCUT2D eigenvalue weighted by Gasteiger charge is 2.28. The highest BCUT2D eigenvalue weighted by atomic mass is 16.3. The van der Waals surface area contributed by atoms with E-state index in [-0.39, 0.29) is 18.0 Å². The Kier molecular flexibility index (Phi) is 5.89. The molecule has 1 aromatic heterocycles. The van der Waals surface area contributed by atoms with Crippen molar-refractivity contribution >= 4 is 5.91 Å². The number of hydrogen-bond acceptors (Lipinski definition) is 4. The second-order valence-electron chi connectivity index (χ2n) is 6.80. The summed E-state index contributed by atoms with van der Waals surface area (Å²) in [5.41, 5.74) is 1.00. The molecule has 1 aliphatic heterocycles. The molecule has 0 unspecified atom stereocenters. The van der Waals surface area contributed by atoms with Crippen LogP contribution in [0.5, 0.6) is 0 Å². The van der Waals surface area contributed by atoms with Crippen LogP contribution < -0.4 is 5.32 Å². The number of furan rings is 1. The topological polar surface area (TPSA) is 48.7 Å². The summed E-state index contributed by atoms with van der Waals surface area (Å²) in [4.78, 5) is 17.2. The molecule has 5 heteroatoms. The Bertz CT molecular complexity index is 649. The Hall–Kier alpha value is -2.11. The van der Waals surface area contributed by atoms with Gasteiger partial charge < -0.3 is 9.73 Å². The fourth-order valence-corrected chi connectivity index (χ4v) is 3.56. The monoisotopic (exact) mass is 341 g/mol. The molecule has 5 nitrogen and oxygen atoms in total. The van der Waals surface area contributed by atoms with Crippen LogP contribution in [0.1, 0.15) is 36.2 Å². The first kappa shape index (κ1) is 17.7. The van der Waals surface area contributed by atoms with E-state index in [2.05, 4.69) is 10.2 Å². The lowest BCUT2D eigenvalue weighted by Crippen LogP contribution is -2.41. The number of hydrogen-bond donors (Lipinski definition) is 1. The number of carbonyl (C=O) groups excluding carboxylic acids is 1. The van der Waals surface area contributed by atoms with Crippen molar-refractivity contribution in [2.75, 3.05) is 33.7 Å². The van der Waals surface area contributed by atoms with Crippen molar-refractivity contribution in [1.29, 1.82) is 0 Å². The van der Waals surface area contributed by atoms with Crippen LogP contribution in [-0.4, -0.2) is 49.4 Å². The zero-order valence-corrected chi connectivity index (χ0v) is 15.0. The Morgan fingerprint density at radius 3 is 2.48 bits per heavy atom. The SMILES string of the molecule is CN(C)[C@@H](C(=O)NC[C@@H](c1ccco1)N1CCCC1)c1ccccc1. The van der Waals surface area contributed by atoms with E-state index in [1.165, 1.54) is 12.8 Å². The smallest absolute Gasteiger partial charge is 0.242 e. The summed E-state index contributed by atoms with van der Waals surface area (Å²) < 4.78 is 5.63. The molecule has 2 atom stereocenters. The number of nitrogens with one attached hydrogen (secondary N) is 1. The number of likely N-dealkylation sites (N-methyl/N-ethyl adjacent to an activating group) is 1. The Morgan fingerprint density at radius 2 is 1.88 bits per heavy atom. The lowest BCUT2D eigenvalue weighted by molar-refractivity contribution is -0.126. The summed E-state index contributed by atoms with van der Waals surface area (Å²) in [5.74, 6) is 0.940. The summed E-state index contributed by atoms with van der Waals surface area (Å²) in [6.07, 6.45) is 4.11. The first-order chi connectivity index (χ1) is 12.2. The normalized spacial score (nSPS) is 17.6. The van der Waals surface area contributed by atoms with E-state index >= 15 is 0 Å². The van der Waals surface area contributed by atoms with Crippen LogP contribution in [0.2, 0.25) is 0 Å². The van der Waals surface area contributed by atoms with E-state index in [9.17, 15) is 4.79 Å². The lowest BCUT2D eigenvalue weighted by atomic mass is 10.1. The molecule has 1 fully saturated rings. The van der Waals surface area contributed by atoms with Crippen LogP contribution in [0.25, 0.3) is 0 Å². The van der Waals surface area contributed by atoms with Crippen LogP contribution in [0.15, 0.2) is 53.1 Å². The maximum Gasteiger partial charge on any atom is 0.242 e. The van der Waals surface area contributed by atoms with Gasteiger partial charge in [-0.3, -0.25) is 14.6 Å². The van der Waals surface area contributed by atoms with E-state index in [1.54, 1.807) is 6.26 Å². The molecule has 3 rings (SSSR count). The first-order valence-electron chi connectivity index (χ1n) is 8.93. The van der Waals surface area contributed by atoms with Crippen molar-refractivity contribution < 1.29 is 9.21 Å². The van der Waals surface area contributed by atoms with Gasteiger partial charge in [0.05, 0.1) is 12.3 Å². The van der Waals surface area contributed by atoms with Gasteiger partial charge in [-0.15, -0.1) is 0 Å². The van der Waals surface area contributed by atoms with E-state index in [0.717, 1.165) is 24.4 Å². The third-order valence-electron chi connectivity index (χ3n) is 4.80. The molecule has 0 saturated carbocycles. The van der Waals surface area contributed by atoms with Gasteiger partial charge in [0.25, 0.3) is 0 Å². The maximum absolute atomic E-state index is 12.9. The van der Waals surface area contributed by atoms with Gasteiger partial charge in [0, 0.05) is 6.54 Å². The predicted molar refractivity (Wildman–Crippen MR) is 98.1 cm³/mol. The third-order valence-corrected chi connectivity index (χ3v) is 4.80. The molecule has 0 radical (unpaired) electrons. The van der Waals surface area contributed by atoms with Crippen molar-refractivity contribution in [2.24, 2.45) is 0 Å². The second-order valence-corrected chi connectivity index (χ2v) is 6.80. The number of amides is 1. The number of likely N-dealkylation sites (tertiary alicyclic amines) is 1. The van der Waals surface area contributed by atoms with Crippen LogP contribution in [0.4, 0.5) is 0 Å². The van der Waals surface area contributed by atoms with Gasteiger partial charge in [0.1, 0.15) is 11.8 Å². The number of nitrogens with zero attached hydrogens (tertiary/aromatic N) is 2. The quantitative estimate of drug-likeness (QED) is 0.841. The van der Waals surface area contributed by atoms with E-state index in [4.69, 9.17) is 4.42 Å². The van der Waals surface area contributed by atoms with Gasteiger partial charge in [-0.05, 0) is 57.7 Å². The number of rotatable bonds is 7. The van der Waals surface area contributed by atoms with Gasteiger partial charge in [0.15, 0.2) is 0 Å². The van der Waals surface area contributed by atoms with Gasteiger partial charge in [-0.2, -0.15) is 0 Å². The van der Waals surface area contributed by atoms with Gasteiger partial charge in [-0.25, -0.2) is 0 Å². The fourth-order valence-electron chi connectivity index (χ4n) is 3.56. The van der Waals surface area contributed by atoms with Gasteiger partial charge >= 0.3 is 0 Å². The van der Waals surface area contributed by atoms with Gasteiger partial charge in [-0.1, -0.05) is 30.3 Å². The maximum atomic E-state index is 12.9. The van der Waals surface area contributed by atoms with Crippen LogP contribution in [0.3, 0.4) is 0 Å². The van der Waals surface area contributed by atoms with Crippen LogP contribution >= 0.6 is 0 Å². The highest BCUT2D eigenvalue weighted by Crippen LogP contribution is 2.25. The second kappa shape index (κ2) is 8.32. The zero-order chi connectivity index (χ0) is 17.6. The summed E-state index contributed by atoms with van der Waals surface area (Å²) in [7, 11) is 3.86. The summed E-state index contributed by atoms with van der Waals surface area (Å²) >= 11 is 0. The number of benzene rings is 1. The molecule has 134 valence electrons. The molecular formula is C20H27N3O2. The summed E-state index contributed by atoms with van der Waals surface area (Å²) in [6.45, 7) is 2.66. The van der Waals surface area contributed by atoms with Gasteiger partial charge in [0.2, 0.25) is 5.91 Å². The molecule has 2 aromatic rings. The minimum Gasteiger partial charge on any atom is -0.468 e. The molecule has 1 aromatic carbocycles. The molecule has 25 heavy (non-hydrogen) atoms. The van der Waals surface area contributed by atoms with Crippen molar-refractivity contribution in [3.8, 4) is 0 Å². The van der Waals surface area contributed by atoms with E-state index in [1.807, 2.05) is 61.5 Å². The first-order valence-corrected chi connectivity index (χ1v) is 8.93. The third kappa shape index (κ3) is 4.30. The van der Waals surface area contributed by atoms with E-state index in [0.29, 0.717) is 6.54 Å². The molecular weight excluding hydrogens is 314 g/mol. The molecule has 0 spiro atoms. The van der Waals surface area contributed by atoms with Crippen LogP contribution in [0, 0.1) is 0 Å². The molecule has 2 heterocycles. The minimum atomic E-state index is -0.294. The lowest BCUT2D eigenvalue weighted by Gasteiger charge is -2.28. The summed E-state index contributed by atoms with van der Waals surface area (Å²) in [6, 6.07) is 13.6. The van der Waals surface area contributed by atoms with Crippen LogP contribution in [-0.2, 0) is 4.79 Å². The van der Waals surface area contributed by atoms with Crippen molar-refractivity contribution in [2.45, 2.75) is 24.9 Å². The molecule has 1 N–H and O–H groups in total. The highest BCUT2D eigenvalue weighted by molar-refractivity contribution is 5.83. The van der Waals surface area contributed by atoms with Crippen molar-refractivity contribution in [3.63, 3.8) is 0 Å². The standard InChI is InChI=1S/C20H27N3O2/c1-22(2)19(16-9-4-3-5-10-16)20(24)21-15-17(18-11-8-14-25-18)23-12-6-7-13-23/h3-5,8-11,14,17,19H,6-7,12-13,15H2,1-2H3,(H,21,24)/t17-,19+/m0/s1. The average Bonchev–Trinajstić information content (AvgIpc) is 3.30. The molecule has 0 aliphatic carbocycles. The summed E-state index contributed by atoms with van der Waals surface area (Å²) in [5, 5.41) is 3.15. The molecule has 1 saturated heterocycles. The Balaban J connectivity index is 1.70. The molecule has 0 bridgehead atoms. The minimum absolute atomic E-state index is 0.0203.